The van der Waals surface area contributed by atoms with Gasteiger partial charge in [0.1, 0.15) is 5.82 Å². The van der Waals surface area contributed by atoms with E-state index in [0.717, 1.165) is 5.82 Å². The second kappa shape index (κ2) is 4.47. The van der Waals surface area contributed by atoms with Crippen molar-refractivity contribution in [2.45, 2.75) is 32.2 Å². The number of aromatic nitrogens is 1. The molecule has 1 aliphatic rings. The van der Waals surface area contributed by atoms with Crippen molar-refractivity contribution in [2.75, 3.05) is 5.32 Å². The number of aromatic carboxylic acids is 1. The van der Waals surface area contributed by atoms with Gasteiger partial charge in [0.05, 0.1) is 11.1 Å². The van der Waals surface area contributed by atoms with Gasteiger partial charge in [-0.15, -0.1) is 0 Å². The minimum absolute atomic E-state index is 0.0328. The largest absolute Gasteiger partial charge is 0.478 e. The molecule has 0 amide bonds. The molecule has 2 aromatic rings. The Kier molecular flexibility index (Phi) is 2.89. The molecule has 4 heteroatoms. The zero-order valence-corrected chi connectivity index (χ0v) is 11.7. The summed E-state index contributed by atoms with van der Waals surface area (Å²) in [6, 6.07) is 8.87. The van der Waals surface area contributed by atoms with Crippen molar-refractivity contribution in [3.05, 3.63) is 35.9 Å². The number of rotatable bonds is 4. The highest BCUT2D eigenvalue weighted by molar-refractivity contribution is 6.02. The molecule has 1 aromatic carbocycles. The lowest BCUT2D eigenvalue weighted by Crippen LogP contribution is -2.33. The van der Waals surface area contributed by atoms with E-state index in [9.17, 15) is 9.90 Å². The number of nitrogens with zero attached hydrogens (tertiary/aromatic N) is 1. The SMILES string of the molecule is CC(C)(Nc1ccc2c(C(=O)O)cccc2n1)C1CC1. The zero-order chi connectivity index (χ0) is 14.3. The molecule has 104 valence electrons. The molecule has 20 heavy (non-hydrogen) atoms. The third kappa shape index (κ3) is 2.33. The fourth-order valence-electron chi connectivity index (χ4n) is 2.65. The molecule has 1 aromatic heterocycles. The van der Waals surface area contributed by atoms with Crippen LogP contribution >= 0.6 is 0 Å². The predicted molar refractivity (Wildman–Crippen MR) is 79.1 cm³/mol. The average molecular weight is 270 g/mol. The summed E-state index contributed by atoms with van der Waals surface area (Å²) in [5.41, 5.74) is 1.04. The molecule has 1 fully saturated rings. The van der Waals surface area contributed by atoms with Crippen LogP contribution < -0.4 is 5.32 Å². The van der Waals surface area contributed by atoms with Gasteiger partial charge in [-0.3, -0.25) is 0 Å². The highest BCUT2D eigenvalue weighted by Gasteiger charge is 2.37. The van der Waals surface area contributed by atoms with Gasteiger partial charge in [0.2, 0.25) is 0 Å². The standard InChI is InChI=1S/C16H18N2O2/c1-16(2,10-6-7-10)18-14-9-8-11-12(15(19)20)4-3-5-13(11)17-14/h3-5,8-10H,6-7H2,1-2H3,(H,17,18)(H,19,20). The van der Waals surface area contributed by atoms with Crippen LogP contribution in [0.25, 0.3) is 10.9 Å². The number of benzene rings is 1. The first-order valence-corrected chi connectivity index (χ1v) is 6.88. The number of carboxylic acid groups (broad SMARTS) is 1. The van der Waals surface area contributed by atoms with E-state index in [-0.39, 0.29) is 5.54 Å². The van der Waals surface area contributed by atoms with Crippen molar-refractivity contribution < 1.29 is 9.90 Å². The molecule has 2 N–H and O–H groups in total. The van der Waals surface area contributed by atoms with Gasteiger partial charge in [0, 0.05) is 10.9 Å². The quantitative estimate of drug-likeness (QED) is 0.892. The fraction of sp³-hybridized carbons (Fsp3) is 0.375. The molecule has 0 radical (unpaired) electrons. The summed E-state index contributed by atoms with van der Waals surface area (Å²) in [6.07, 6.45) is 2.52. The summed E-state index contributed by atoms with van der Waals surface area (Å²) in [4.78, 5) is 15.7. The van der Waals surface area contributed by atoms with Crippen LogP contribution in [0.2, 0.25) is 0 Å². The van der Waals surface area contributed by atoms with E-state index >= 15 is 0 Å². The van der Waals surface area contributed by atoms with Gasteiger partial charge < -0.3 is 10.4 Å². The number of fused-ring (bicyclic) bond motifs is 1. The maximum absolute atomic E-state index is 11.2. The van der Waals surface area contributed by atoms with Crippen LogP contribution in [0, 0.1) is 5.92 Å². The Hall–Kier alpha value is -2.10. The van der Waals surface area contributed by atoms with Crippen LogP contribution in [0.4, 0.5) is 5.82 Å². The number of pyridine rings is 1. The highest BCUT2D eigenvalue weighted by Crippen LogP contribution is 2.41. The molecule has 0 saturated heterocycles. The van der Waals surface area contributed by atoms with Crippen molar-refractivity contribution in [3.8, 4) is 0 Å². The summed E-state index contributed by atoms with van der Waals surface area (Å²) < 4.78 is 0. The summed E-state index contributed by atoms with van der Waals surface area (Å²) in [5, 5.41) is 13.3. The first-order chi connectivity index (χ1) is 9.47. The van der Waals surface area contributed by atoms with Crippen molar-refractivity contribution in [1.82, 2.24) is 4.98 Å². The Labute approximate surface area is 117 Å². The van der Waals surface area contributed by atoms with E-state index in [1.807, 2.05) is 18.2 Å². The summed E-state index contributed by atoms with van der Waals surface area (Å²) in [5.74, 6) is 0.582. The smallest absolute Gasteiger partial charge is 0.336 e. The molecule has 1 heterocycles. The van der Waals surface area contributed by atoms with Gasteiger partial charge in [-0.2, -0.15) is 0 Å². The molecule has 0 aliphatic heterocycles. The van der Waals surface area contributed by atoms with Crippen LogP contribution in [-0.2, 0) is 0 Å². The van der Waals surface area contributed by atoms with Gasteiger partial charge in [-0.25, -0.2) is 9.78 Å². The van der Waals surface area contributed by atoms with Gasteiger partial charge >= 0.3 is 5.97 Å². The number of hydrogen-bond acceptors (Lipinski definition) is 3. The van der Waals surface area contributed by atoms with Crippen LogP contribution in [0.5, 0.6) is 0 Å². The second-order valence-electron chi connectivity index (χ2n) is 5.99. The summed E-state index contributed by atoms with van der Waals surface area (Å²) in [6.45, 7) is 4.37. The number of hydrogen-bond donors (Lipinski definition) is 2. The predicted octanol–water partition coefficient (Wildman–Crippen LogP) is 3.53. The van der Waals surface area contributed by atoms with Crippen LogP contribution in [0.3, 0.4) is 0 Å². The normalized spacial score (nSPS) is 15.3. The third-order valence-electron chi connectivity index (χ3n) is 4.01. The summed E-state index contributed by atoms with van der Waals surface area (Å²) in [7, 11) is 0. The Morgan fingerprint density at radius 2 is 2.05 bits per heavy atom. The molecular weight excluding hydrogens is 252 g/mol. The Morgan fingerprint density at radius 3 is 2.70 bits per heavy atom. The number of carboxylic acids is 1. The molecule has 0 unspecified atom stereocenters. The third-order valence-corrected chi connectivity index (χ3v) is 4.01. The molecule has 4 nitrogen and oxygen atoms in total. The Balaban J connectivity index is 1.97. The van der Waals surface area contributed by atoms with Crippen molar-refractivity contribution >= 4 is 22.7 Å². The number of nitrogens with one attached hydrogen (secondary N) is 1. The molecule has 0 atom stereocenters. The van der Waals surface area contributed by atoms with Crippen LogP contribution in [0.1, 0.15) is 37.0 Å². The number of carbonyl (C=O) groups is 1. The molecule has 3 rings (SSSR count). The summed E-state index contributed by atoms with van der Waals surface area (Å²) >= 11 is 0. The highest BCUT2D eigenvalue weighted by atomic mass is 16.4. The average Bonchev–Trinajstić information content (AvgIpc) is 3.21. The van der Waals surface area contributed by atoms with Gasteiger partial charge in [-0.1, -0.05) is 6.07 Å². The molecule has 1 aliphatic carbocycles. The van der Waals surface area contributed by atoms with E-state index in [1.165, 1.54) is 12.8 Å². The Bertz CT molecular complexity index is 675. The van der Waals surface area contributed by atoms with Crippen molar-refractivity contribution in [3.63, 3.8) is 0 Å². The topological polar surface area (TPSA) is 62.2 Å². The first-order valence-electron chi connectivity index (χ1n) is 6.88. The second-order valence-corrected chi connectivity index (χ2v) is 5.99. The van der Waals surface area contributed by atoms with Gasteiger partial charge in [0.15, 0.2) is 0 Å². The fourth-order valence-corrected chi connectivity index (χ4v) is 2.65. The maximum atomic E-state index is 11.2. The zero-order valence-electron chi connectivity index (χ0n) is 11.7. The van der Waals surface area contributed by atoms with E-state index in [2.05, 4.69) is 24.1 Å². The maximum Gasteiger partial charge on any atom is 0.336 e. The minimum Gasteiger partial charge on any atom is -0.478 e. The molecular formula is C16H18N2O2. The Morgan fingerprint density at radius 1 is 1.30 bits per heavy atom. The lowest BCUT2D eigenvalue weighted by Gasteiger charge is -2.27. The van der Waals surface area contributed by atoms with Crippen molar-refractivity contribution in [2.24, 2.45) is 5.92 Å². The van der Waals surface area contributed by atoms with Gasteiger partial charge in [-0.05, 0) is 56.9 Å². The van der Waals surface area contributed by atoms with Crippen molar-refractivity contribution in [1.29, 1.82) is 0 Å². The van der Waals surface area contributed by atoms with Gasteiger partial charge in [0.25, 0.3) is 0 Å². The first kappa shape index (κ1) is 12.9. The minimum atomic E-state index is -0.920. The van der Waals surface area contributed by atoms with E-state index in [1.54, 1.807) is 12.1 Å². The van der Waals surface area contributed by atoms with E-state index in [0.29, 0.717) is 22.4 Å². The molecule has 0 bridgehead atoms. The van der Waals surface area contributed by atoms with Crippen LogP contribution in [0.15, 0.2) is 30.3 Å². The monoisotopic (exact) mass is 270 g/mol. The number of anilines is 1. The van der Waals surface area contributed by atoms with E-state index in [4.69, 9.17) is 0 Å². The lowest BCUT2D eigenvalue weighted by molar-refractivity contribution is 0.0699. The van der Waals surface area contributed by atoms with E-state index < -0.39 is 5.97 Å². The lowest BCUT2D eigenvalue weighted by atomic mass is 9.99. The molecule has 1 saturated carbocycles. The van der Waals surface area contributed by atoms with Crippen LogP contribution in [-0.4, -0.2) is 21.6 Å². The molecule has 0 spiro atoms.